The van der Waals surface area contributed by atoms with Crippen molar-refractivity contribution in [3.8, 4) is 0 Å². The van der Waals surface area contributed by atoms with Crippen LogP contribution in [0, 0.1) is 0 Å². The van der Waals surface area contributed by atoms with Gasteiger partial charge in [0.1, 0.15) is 6.54 Å². The summed E-state index contributed by atoms with van der Waals surface area (Å²) in [6, 6.07) is 15.3. The van der Waals surface area contributed by atoms with Crippen molar-refractivity contribution >= 4 is 28.9 Å². The summed E-state index contributed by atoms with van der Waals surface area (Å²) in [4.78, 5) is 13.6. The average molecular weight is 300 g/mol. The Morgan fingerprint density at radius 3 is 2.71 bits per heavy atom. The molecule has 1 heterocycles. The topological polar surface area (TPSA) is 44.7 Å². The number of hydrogen-bond acceptors (Lipinski definition) is 3. The van der Waals surface area contributed by atoms with E-state index in [0.29, 0.717) is 5.02 Å². The Hall–Kier alpha value is -2.33. The van der Waals surface area contributed by atoms with Crippen LogP contribution in [0.2, 0.25) is 5.02 Å². The molecule has 3 rings (SSSR count). The van der Waals surface area contributed by atoms with Gasteiger partial charge in [-0.2, -0.15) is 5.10 Å². The van der Waals surface area contributed by atoms with E-state index >= 15 is 0 Å². The van der Waals surface area contributed by atoms with Gasteiger partial charge in [0.15, 0.2) is 0 Å². The van der Waals surface area contributed by atoms with Gasteiger partial charge in [-0.25, -0.2) is 0 Å². The van der Waals surface area contributed by atoms with E-state index in [0.717, 1.165) is 22.5 Å². The van der Waals surface area contributed by atoms with Crippen molar-refractivity contribution in [2.75, 3.05) is 18.5 Å². The molecule has 2 aromatic rings. The lowest BCUT2D eigenvalue weighted by atomic mass is 10.00. The van der Waals surface area contributed by atoms with E-state index in [1.54, 1.807) is 18.0 Å². The molecule has 0 saturated carbocycles. The molecular weight excluding hydrogens is 286 g/mol. The molecule has 0 radical (unpaired) electrons. The molecule has 1 N–H and O–H groups in total. The van der Waals surface area contributed by atoms with Crippen molar-refractivity contribution in [3.63, 3.8) is 0 Å². The van der Waals surface area contributed by atoms with Crippen LogP contribution in [0.5, 0.6) is 0 Å². The highest BCUT2D eigenvalue weighted by molar-refractivity contribution is 6.31. The molecule has 0 bridgehead atoms. The minimum Gasteiger partial charge on any atom is -0.313 e. The van der Waals surface area contributed by atoms with E-state index < -0.39 is 0 Å². The maximum absolute atomic E-state index is 12.0. The van der Waals surface area contributed by atoms with Crippen LogP contribution in [0.4, 0.5) is 5.69 Å². The first-order valence-corrected chi connectivity index (χ1v) is 6.97. The van der Waals surface area contributed by atoms with Crippen LogP contribution < -0.4 is 10.3 Å². The van der Waals surface area contributed by atoms with Crippen LogP contribution in [0.3, 0.4) is 0 Å². The summed E-state index contributed by atoms with van der Waals surface area (Å²) in [6.07, 6.45) is 0. The molecule has 0 spiro atoms. The van der Waals surface area contributed by atoms with Crippen molar-refractivity contribution < 1.29 is 4.79 Å². The molecule has 0 saturated heterocycles. The number of amides is 1. The zero-order chi connectivity index (χ0) is 14.8. The second-order valence-corrected chi connectivity index (χ2v) is 5.21. The van der Waals surface area contributed by atoms with Crippen LogP contribution >= 0.6 is 11.6 Å². The summed E-state index contributed by atoms with van der Waals surface area (Å²) in [5.74, 6) is -0.0468. The fraction of sp³-hybridized carbons (Fsp3) is 0.125. The van der Waals surface area contributed by atoms with Gasteiger partial charge in [0.05, 0.1) is 11.4 Å². The van der Waals surface area contributed by atoms with E-state index in [2.05, 4.69) is 10.5 Å². The van der Waals surface area contributed by atoms with E-state index in [1.165, 1.54) is 0 Å². The van der Waals surface area contributed by atoms with Crippen LogP contribution in [-0.4, -0.2) is 25.2 Å². The maximum Gasteiger partial charge on any atom is 0.247 e. The third-order valence-electron chi connectivity index (χ3n) is 3.42. The van der Waals surface area contributed by atoms with Gasteiger partial charge in [-0.15, -0.1) is 0 Å². The molecule has 0 aromatic heterocycles. The number of likely N-dealkylation sites (N-methyl/N-ethyl adjacent to an activating group) is 1. The third kappa shape index (κ3) is 2.62. The van der Waals surface area contributed by atoms with E-state index in [1.807, 2.05) is 42.5 Å². The third-order valence-corrected chi connectivity index (χ3v) is 3.65. The molecule has 106 valence electrons. The number of carbonyl (C=O) groups excluding carboxylic acids is 1. The van der Waals surface area contributed by atoms with E-state index in [4.69, 9.17) is 11.6 Å². The zero-order valence-electron chi connectivity index (χ0n) is 11.5. The van der Waals surface area contributed by atoms with Crippen molar-refractivity contribution in [2.45, 2.75) is 0 Å². The van der Waals surface area contributed by atoms with Gasteiger partial charge in [0.25, 0.3) is 0 Å². The molecule has 1 aliphatic heterocycles. The highest BCUT2D eigenvalue weighted by Gasteiger charge is 2.21. The zero-order valence-corrected chi connectivity index (χ0v) is 12.3. The molecular formula is C16H14ClN3O. The fourth-order valence-electron chi connectivity index (χ4n) is 2.31. The summed E-state index contributed by atoms with van der Waals surface area (Å²) in [7, 11) is 1.75. The van der Waals surface area contributed by atoms with Gasteiger partial charge >= 0.3 is 0 Å². The molecule has 2 aromatic carbocycles. The van der Waals surface area contributed by atoms with Gasteiger partial charge < -0.3 is 10.3 Å². The Labute approximate surface area is 128 Å². The van der Waals surface area contributed by atoms with Gasteiger partial charge in [-0.05, 0) is 18.2 Å². The minimum atomic E-state index is -0.0468. The first-order valence-electron chi connectivity index (χ1n) is 6.59. The highest BCUT2D eigenvalue weighted by Crippen LogP contribution is 2.27. The molecule has 5 heteroatoms. The maximum atomic E-state index is 12.0. The number of anilines is 1. The second-order valence-electron chi connectivity index (χ2n) is 4.78. The Kier molecular flexibility index (Phi) is 3.62. The Balaban J connectivity index is 2.21. The Morgan fingerprint density at radius 2 is 1.95 bits per heavy atom. The quantitative estimate of drug-likeness (QED) is 0.880. The number of benzene rings is 2. The predicted octanol–water partition coefficient (Wildman–Crippen LogP) is 2.66. The smallest absolute Gasteiger partial charge is 0.247 e. The van der Waals surface area contributed by atoms with Crippen molar-refractivity contribution in [1.82, 2.24) is 5.43 Å². The number of rotatable bonds is 1. The molecule has 21 heavy (non-hydrogen) atoms. The minimum absolute atomic E-state index is 0.0468. The molecule has 1 aliphatic rings. The number of hydrazone groups is 1. The summed E-state index contributed by atoms with van der Waals surface area (Å²) >= 11 is 6.13. The fourth-order valence-corrected chi connectivity index (χ4v) is 2.48. The van der Waals surface area contributed by atoms with Crippen LogP contribution in [0.25, 0.3) is 0 Å². The number of carbonyl (C=O) groups is 1. The summed E-state index contributed by atoms with van der Waals surface area (Å²) in [6.45, 7) is 0.162. The molecule has 0 atom stereocenters. The molecule has 4 nitrogen and oxygen atoms in total. The normalized spacial score (nSPS) is 14.7. The first-order chi connectivity index (χ1) is 10.2. The van der Waals surface area contributed by atoms with Gasteiger partial charge in [-0.3, -0.25) is 4.79 Å². The van der Waals surface area contributed by atoms with Crippen LogP contribution in [-0.2, 0) is 4.79 Å². The van der Waals surface area contributed by atoms with E-state index in [9.17, 15) is 4.79 Å². The van der Waals surface area contributed by atoms with Crippen molar-refractivity contribution in [3.05, 3.63) is 64.7 Å². The Morgan fingerprint density at radius 1 is 1.19 bits per heavy atom. The number of nitrogens with zero attached hydrogens (tertiary/aromatic N) is 2. The Bertz CT molecular complexity index is 713. The largest absolute Gasteiger partial charge is 0.313 e. The summed E-state index contributed by atoms with van der Waals surface area (Å²) in [5.41, 5.74) is 6.20. The lowest BCUT2D eigenvalue weighted by Crippen LogP contribution is -2.37. The highest BCUT2D eigenvalue weighted by atomic mass is 35.5. The molecule has 0 unspecified atom stereocenters. The number of halogens is 1. The van der Waals surface area contributed by atoms with Crippen LogP contribution in [0.15, 0.2) is 53.6 Å². The standard InChI is InChI=1S/C16H14ClN3O/c1-20-14-8-7-12(17)9-13(14)16(19-18-10-15(20)21)11-5-3-2-4-6-11/h2-9,18H,10H2,1H3. The van der Waals surface area contributed by atoms with Crippen molar-refractivity contribution in [1.29, 1.82) is 0 Å². The predicted molar refractivity (Wildman–Crippen MR) is 84.9 cm³/mol. The van der Waals surface area contributed by atoms with Gasteiger partial charge in [0, 0.05) is 23.2 Å². The molecule has 0 aliphatic carbocycles. The lowest BCUT2D eigenvalue weighted by molar-refractivity contribution is -0.117. The van der Waals surface area contributed by atoms with Crippen LogP contribution in [0.1, 0.15) is 11.1 Å². The van der Waals surface area contributed by atoms with Crippen molar-refractivity contribution in [2.24, 2.45) is 5.10 Å². The molecule has 1 amide bonds. The molecule has 0 fully saturated rings. The lowest BCUT2D eigenvalue weighted by Gasteiger charge is -2.24. The van der Waals surface area contributed by atoms with Gasteiger partial charge in [0.2, 0.25) is 5.91 Å². The summed E-state index contributed by atoms with van der Waals surface area (Å²) < 4.78 is 0. The SMILES string of the molecule is CN1C(=O)CNN=C(c2ccccc2)c2cc(Cl)ccc21. The second kappa shape index (κ2) is 5.58. The monoisotopic (exact) mass is 299 g/mol. The number of fused-ring (bicyclic) bond motifs is 1. The number of nitrogens with one attached hydrogen (secondary N) is 1. The average Bonchev–Trinajstić information content (AvgIpc) is 2.50. The summed E-state index contributed by atoms with van der Waals surface area (Å²) in [5, 5.41) is 4.99. The number of hydrogen-bond donors (Lipinski definition) is 1. The first kappa shape index (κ1) is 13.6. The van der Waals surface area contributed by atoms with Gasteiger partial charge in [-0.1, -0.05) is 41.9 Å². The van der Waals surface area contributed by atoms with E-state index in [-0.39, 0.29) is 12.5 Å².